The van der Waals surface area contributed by atoms with Crippen LogP contribution in [0.5, 0.6) is 5.75 Å². The normalized spacial score (nSPS) is 14.4. The van der Waals surface area contributed by atoms with Gasteiger partial charge in [-0.3, -0.25) is 10.1 Å². The van der Waals surface area contributed by atoms with Gasteiger partial charge in [-0.2, -0.15) is 0 Å². The Morgan fingerprint density at radius 2 is 1.70 bits per heavy atom. The lowest BCUT2D eigenvalue weighted by Gasteiger charge is -2.21. The molecule has 0 aliphatic heterocycles. The minimum absolute atomic E-state index is 0.217. The summed E-state index contributed by atoms with van der Waals surface area (Å²) in [4.78, 5) is 12.4. The molecule has 1 aliphatic rings. The molecular formula is C25H32N2O2S. The molecule has 1 fully saturated rings. The third kappa shape index (κ3) is 6.84. The summed E-state index contributed by atoms with van der Waals surface area (Å²) in [7, 11) is 0. The second-order valence-electron chi connectivity index (χ2n) is 8.35. The van der Waals surface area contributed by atoms with Gasteiger partial charge in [0.05, 0.1) is 6.61 Å². The highest BCUT2D eigenvalue weighted by molar-refractivity contribution is 7.80. The van der Waals surface area contributed by atoms with Crippen molar-refractivity contribution in [3.63, 3.8) is 0 Å². The maximum absolute atomic E-state index is 12.4. The maximum atomic E-state index is 12.4. The van der Waals surface area contributed by atoms with Crippen molar-refractivity contribution in [2.75, 3.05) is 11.9 Å². The van der Waals surface area contributed by atoms with Gasteiger partial charge >= 0.3 is 0 Å². The molecule has 0 unspecified atom stereocenters. The Labute approximate surface area is 185 Å². The Balaban J connectivity index is 1.42. The predicted octanol–water partition coefficient (Wildman–Crippen LogP) is 6.29. The molecule has 0 saturated heterocycles. The third-order valence-corrected chi connectivity index (χ3v) is 5.90. The molecule has 3 rings (SSSR count). The van der Waals surface area contributed by atoms with Gasteiger partial charge in [-0.05, 0) is 72.4 Å². The molecule has 0 spiro atoms. The average molecular weight is 425 g/mol. The molecule has 0 radical (unpaired) electrons. The molecular weight excluding hydrogens is 392 g/mol. The molecule has 0 bridgehead atoms. The fourth-order valence-corrected chi connectivity index (χ4v) is 4.02. The van der Waals surface area contributed by atoms with Gasteiger partial charge in [0.15, 0.2) is 5.11 Å². The summed E-state index contributed by atoms with van der Waals surface area (Å²) >= 11 is 5.28. The van der Waals surface area contributed by atoms with Gasteiger partial charge in [0.2, 0.25) is 0 Å². The van der Waals surface area contributed by atoms with Crippen molar-refractivity contribution < 1.29 is 9.53 Å². The maximum Gasteiger partial charge on any atom is 0.257 e. The molecule has 0 atom stereocenters. The average Bonchev–Trinajstić information content (AvgIpc) is 2.75. The second kappa shape index (κ2) is 11.1. The minimum Gasteiger partial charge on any atom is -0.494 e. The summed E-state index contributed by atoms with van der Waals surface area (Å²) in [5, 5.41) is 6.06. The largest absolute Gasteiger partial charge is 0.494 e. The lowest BCUT2D eigenvalue weighted by Crippen LogP contribution is -2.34. The smallest absolute Gasteiger partial charge is 0.257 e. The lowest BCUT2D eigenvalue weighted by atomic mass is 9.87. The lowest BCUT2D eigenvalue weighted by molar-refractivity contribution is 0.0977. The number of ether oxygens (including phenoxy) is 1. The molecule has 30 heavy (non-hydrogen) atoms. The summed E-state index contributed by atoms with van der Waals surface area (Å²) in [6.07, 6.45) is 7.94. The fraction of sp³-hybridized carbons (Fsp3) is 0.440. The van der Waals surface area contributed by atoms with E-state index < -0.39 is 0 Å². The molecule has 1 saturated carbocycles. The first-order valence-corrected chi connectivity index (χ1v) is 11.4. The first kappa shape index (κ1) is 22.3. The standard InChI is InChI=1S/C25H32N2O2S/c1-18(2)20-8-10-21(11-9-20)24(28)27-25(30)26-22-12-14-23(15-13-22)29-17-16-19-6-4-3-5-7-19/h8-15,18-19H,3-7,16-17H2,1-2H3,(H2,26,27,28,30). The molecule has 2 N–H and O–H groups in total. The number of benzene rings is 2. The monoisotopic (exact) mass is 424 g/mol. The van der Waals surface area contributed by atoms with E-state index in [0.717, 1.165) is 30.4 Å². The Hall–Kier alpha value is -2.40. The predicted molar refractivity (Wildman–Crippen MR) is 127 cm³/mol. The van der Waals surface area contributed by atoms with Crippen LogP contribution in [-0.2, 0) is 0 Å². The highest BCUT2D eigenvalue weighted by atomic mass is 32.1. The van der Waals surface area contributed by atoms with Crippen molar-refractivity contribution in [2.45, 2.75) is 58.3 Å². The van der Waals surface area contributed by atoms with Crippen molar-refractivity contribution in [3.8, 4) is 5.75 Å². The molecule has 2 aromatic rings. The van der Waals surface area contributed by atoms with E-state index in [1.165, 1.54) is 37.7 Å². The van der Waals surface area contributed by atoms with Crippen LogP contribution < -0.4 is 15.4 Å². The van der Waals surface area contributed by atoms with Crippen LogP contribution in [-0.4, -0.2) is 17.6 Å². The highest BCUT2D eigenvalue weighted by Gasteiger charge is 2.13. The van der Waals surface area contributed by atoms with Gasteiger partial charge in [-0.15, -0.1) is 0 Å². The van der Waals surface area contributed by atoms with E-state index >= 15 is 0 Å². The van der Waals surface area contributed by atoms with Crippen molar-refractivity contribution >= 4 is 28.9 Å². The zero-order valence-electron chi connectivity index (χ0n) is 17.9. The zero-order valence-corrected chi connectivity index (χ0v) is 18.8. The van der Waals surface area contributed by atoms with Gasteiger partial charge in [0, 0.05) is 11.3 Å². The molecule has 0 aromatic heterocycles. The summed E-state index contributed by atoms with van der Waals surface area (Å²) < 4.78 is 5.89. The molecule has 160 valence electrons. The Kier molecular flexibility index (Phi) is 8.26. The quantitative estimate of drug-likeness (QED) is 0.513. The van der Waals surface area contributed by atoms with Crippen LogP contribution >= 0.6 is 12.2 Å². The Bertz CT molecular complexity index is 825. The summed E-state index contributed by atoms with van der Waals surface area (Å²) in [6, 6.07) is 15.3. The number of carbonyl (C=O) groups excluding carboxylic acids is 1. The van der Waals surface area contributed by atoms with Gasteiger partial charge in [-0.25, -0.2) is 0 Å². The van der Waals surface area contributed by atoms with Crippen LogP contribution in [0.2, 0.25) is 0 Å². The van der Waals surface area contributed by atoms with E-state index in [1.54, 1.807) is 0 Å². The van der Waals surface area contributed by atoms with E-state index in [9.17, 15) is 4.79 Å². The van der Waals surface area contributed by atoms with E-state index in [0.29, 0.717) is 11.5 Å². The van der Waals surface area contributed by atoms with Crippen molar-refractivity contribution in [1.82, 2.24) is 5.32 Å². The van der Waals surface area contributed by atoms with E-state index in [1.807, 2.05) is 48.5 Å². The number of hydrogen-bond donors (Lipinski definition) is 2. The fourth-order valence-electron chi connectivity index (χ4n) is 3.81. The van der Waals surface area contributed by atoms with Crippen LogP contribution in [0.25, 0.3) is 0 Å². The summed E-state index contributed by atoms with van der Waals surface area (Å²) in [6.45, 7) is 5.02. The van der Waals surface area contributed by atoms with E-state index in [-0.39, 0.29) is 11.0 Å². The van der Waals surface area contributed by atoms with E-state index in [2.05, 4.69) is 24.5 Å². The van der Waals surface area contributed by atoms with Crippen LogP contribution in [0, 0.1) is 5.92 Å². The Morgan fingerprint density at radius 1 is 1.03 bits per heavy atom. The molecule has 4 nitrogen and oxygen atoms in total. The SMILES string of the molecule is CC(C)c1ccc(C(=O)NC(=S)Nc2ccc(OCCC3CCCCC3)cc2)cc1. The van der Waals surface area contributed by atoms with Crippen LogP contribution in [0.1, 0.15) is 74.2 Å². The first-order chi connectivity index (χ1) is 14.5. The van der Waals surface area contributed by atoms with Crippen molar-refractivity contribution in [3.05, 3.63) is 59.7 Å². The number of nitrogens with one attached hydrogen (secondary N) is 2. The minimum atomic E-state index is -0.217. The molecule has 0 heterocycles. The molecule has 2 aromatic carbocycles. The van der Waals surface area contributed by atoms with Crippen LogP contribution in [0.15, 0.2) is 48.5 Å². The van der Waals surface area contributed by atoms with Crippen molar-refractivity contribution in [2.24, 2.45) is 5.92 Å². The summed E-state index contributed by atoms with van der Waals surface area (Å²) in [5.74, 6) is 1.90. The second-order valence-corrected chi connectivity index (χ2v) is 8.76. The van der Waals surface area contributed by atoms with Gasteiger partial charge in [0.25, 0.3) is 5.91 Å². The van der Waals surface area contributed by atoms with Crippen molar-refractivity contribution in [1.29, 1.82) is 0 Å². The highest BCUT2D eigenvalue weighted by Crippen LogP contribution is 2.26. The van der Waals surface area contributed by atoms with Crippen LogP contribution in [0.4, 0.5) is 5.69 Å². The van der Waals surface area contributed by atoms with Gasteiger partial charge in [0.1, 0.15) is 5.75 Å². The number of amides is 1. The Morgan fingerprint density at radius 3 is 2.33 bits per heavy atom. The third-order valence-electron chi connectivity index (χ3n) is 5.70. The number of hydrogen-bond acceptors (Lipinski definition) is 3. The molecule has 1 amide bonds. The summed E-state index contributed by atoms with van der Waals surface area (Å²) in [5.41, 5.74) is 2.61. The molecule has 1 aliphatic carbocycles. The molecule has 5 heteroatoms. The van der Waals surface area contributed by atoms with E-state index in [4.69, 9.17) is 17.0 Å². The number of anilines is 1. The number of carbonyl (C=O) groups is 1. The topological polar surface area (TPSA) is 50.4 Å². The van der Waals surface area contributed by atoms with Crippen LogP contribution in [0.3, 0.4) is 0 Å². The number of rotatable bonds is 7. The first-order valence-electron chi connectivity index (χ1n) is 11.0. The van der Waals surface area contributed by atoms with Gasteiger partial charge in [-0.1, -0.05) is 58.1 Å². The zero-order chi connectivity index (χ0) is 21.3. The van der Waals surface area contributed by atoms with Gasteiger partial charge < -0.3 is 10.1 Å². The number of thiocarbonyl (C=S) groups is 1.